The molecule has 2 atom stereocenters. The van der Waals surface area contributed by atoms with Crippen LogP contribution in [0.3, 0.4) is 0 Å². The molecule has 170 valence electrons. The monoisotopic (exact) mass is 507 g/mol. The second kappa shape index (κ2) is 11.7. The van der Waals surface area contributed by atoms with E-state index in [1.165, 1.54) is 7.11 Å². The molecule has 0 spiro atoms. The van der Waals surface area contributed by atoms with Gasteiger partial charge in [-0.2, -0.15) is 0 Å². The summed E-state index contributed by atoms with van der Waals surface area (Å²) in [6, 6.07) is 5.00. The first-order valence-electron chi connectivity index (χ1n) is 9.05. The highest BCUT2D eigenvalue weighted by atomic mass is 35.5. The molecule has 1 aromatic carbocycles. The third-order valence-corrected chi connectivity index (χ3v) is 6.17. The van der Waals surface area contributed by atoms with Crippen LogP contribution in [0.5, 0.6) is 0 Å². The van der Waals surface area contributed by atoms with Crippen LogP contribution in [0.2, 0.25) is 10.0 Å². The highest BCUT2D eigenvalue weighted by Gasteiger charge is 2.41. The fraction of sp³-hybridized carbons (Fsp3) is 0.350. The number of hydrogen-bond acceptors (Lipinski definition) is 7. The molecule has 1 heterocycles. The van der Waals surface area contributed by atoms with Crippen molar-refractivity contribution < 1.29 is 19.1 Å². The Morgan fingerprint density at radius 3 is 2.48 bits per heavy atom. The molecule has 2 unspecified atom stereocenters. The molecular formula is C20H24Cl3N3O4S. The lowest BCUT2D eigenvalue weighted by atomic mass is 9.79. The van der Waals surface area contributed by atoms with E-state index >= 15 is 0 Å². The Balaban J connectivity index is 0.00000480. The normalized spacial score (nSPS) is 16.8. The number of allylic oxidation sites excluding steroid dienone is 1. The number of carbonyl (C=O) groups is 2. The summed E-state index contributed by atoms with van der Waals surface area (Å²) in [5, 5.41) is 10.7. The fourth-order valence-corrected chi connectivity index (χ4v) is 4.40. The van der Waals surface area contributed by atoms with Gasteiger partial charge in [0.15, 0.2) is 5.17 Å². The Morgan fingerprint density at radius 1 is 1.29 bits per heavy atom. The van der Waals surface area contributed by atoms with Crippen molar-refractivity contribution in [3.8, 4) is 0 Å². The van der Waals surface area contributed by atoms with Crippen LogP contribution >= 0.6 is 47.4 Å². The number of amidine groups is 1. The van der Waals surface area contributed by atoms with Gasteiger partial charge in [-0.05, 0) is 32.4 Å². The Bertz CT molecular complexity index is 950. The average molecular weight is 509 g/mol. The molecule has 0 saturated heterocycles. The number of hydrogen-bond donors (Lipinski definition) is 3. The lowest BCUT2D eigenvalue weighted by Crippen LogP contribution is -2.36. The first-order chi connectivity index (χ1) is 14.1. The topological polar surface area (TPSA) is 115 Å². The van der Waals surface area contributed by atoms with Gasteiger partial charge in [0.25, 0.3) is 0 Å². The van der Waals surface area contributed by atoms with Gasteiger partial charge >= 0.3 is 11.9 Å². The number of esters is 2. The third kappa shape index (κ3) is 5.88. The van der Waals surface area contributed by atoms with Crippen molar-refractivity contribution in [3.05, 3.63) is 56.3 Å². The summed E-state index contributed by atoms with van der Waals surface area (Å²) in [5.74, 6) is -2.12. The number of ether oxygens (including phenoxy) is 2. The molecule has 0 bridgehead atoms. The van der Waals surface area contributed by atoms with Crippen molar-refractivity contribution in [2.45, 2.75) is 31.9 Å². The van der Waals surface area contributed by atoms with Gasteiger partial charge in [-0.1, -0.05) is 47.1 Å². The Kier molecular flexibility index (Phi) is 10.2. The van der Waals surface area contributed by atoms with Gasteiger partial charge in [0.05, 0.1) is 46.1 Å². The van der Waals surface area contributed by atoms with Crippen LogP contribution in [0, 0.1) is 5.41 Å². The van der Waals surface area contributed by atoms with Gasteiger partial charge in [0.2, 0.25) is 0 Å². The van der Waals surface area contributed by atoms with E-state index in [4.69, 9.17) is 43.8 Å². The molecule has 0 saturated carbocycles. The van der Waals surface area contributed by atoms with E-state index in [1.807, 2.05) is 0 Å². The molecule has 1 aliphatic rings. The van der Waals surface area contributed by atoms with E-state index in [2.05, 4.69) is 5.32 Å². The molecule has 1 aliphatic heterocycles. The molecule has 11 heteroatoms. The number of carbonyl (C=O) groups excluding carboxylic acids is 2. The van der Waals surface area contributed by atoms with E-state index in [0.29, 0.717) is 17.0 Å². The molecule has 1 aromatic rings. The maximum absolute atomic E-state index is 13.1. The predicted molar refractivity (Wildman–Crippen MR) is 127 cm³/mol. The second-order valence-corrected chi connectivity index (χ2v) is 8.57. The fourth-order valence-electron chi connectivity index (χ4n) is 3.29. The van der Waals surface area contributed by atoms with Crippen LogP contribution in [0.25, 0.3) is 0 Å². The zero-order valence-corrected chi connectivity index (χ0v) is 20.5. The Labute approximate surface area is 201 Å². The molecule has 0 aliphatic carbocycles. The summed E-state index contributed by atoms with van der Waals surface area (Å²) in [7, 11) is 1.26. The smallest absolute Gasteiger partial charge is 0.336 e. The largest absolute Gasteiger partial charge is 0.466 e. The number of nitrogens with two attached hydrogens (primary N) is 1. The van der Waals surface area contributed by atoms with E-state index in [-0.39, 0.29) is 45.4 Å². The molecule has 7 nitrogen and oxygen atoms in total. The zero-order valence-electron chi connectivity index (χ0n) is 17.4. The SMILES string of the molecule is CCOC(=O)C1=C(C(C)SC(=N)N)NC(C)=C(C(=O)OC)C1c1cccc(Cl)c1Cl.Cl. The molecule has 0 radical (unpaired) electrons. The summed E-state index contributed by atoms with van der Waals surface area (Å²) in [4.78, 5) is 25.8. The van der Waals surface area contributed by atoms with Crippen LogP contribution in [-0.2, 0) is 19.1 Å². The van der Waals surface area contributed by atoms with Gasteiger partial charge in [-0.3, -0.25) is 5.41 Å². The molecule has 0 fully saturated rings. The van der Waals surface area contributed by atoms with Crippen molar-refractivity contribution >= 4 is 64.5 Å². The van der Waals surface area contributed by atoms with Gasteiger partial charge in [0.1, 0.15) is 0 Å². The number of methoxy groups -OCH3 is 1. The standard InChI is InChI=1S/C20H23Cl2N3O4S.ClH/c1-5-29-19(27)15-14(11-7-6-8-12(21)16(11)22)13(18(26)28-4)9(2)25-17(15)10(3)30-20(23)24;/h6-8,10,14,25H,5H2,1-4H3,(H3,23,24);1H. The van der Waals surface area contributed by atoms with Crippen LogP contribution in [0.15, 0.2) is 40.7 Å². The van der Waals surface area contributed by atoms with Crippen molar-refractivity contribution in [2.24, 2.45) is 5.73 Å². The quantitative estimate of drug-likeness (QED) is 0.297. The average Bonchev–Trinajstić information content (AvgIpc) is 2.68. The molecular weight excluding hydrogens is 485 g/mol. The maximum Gasteiger partial charge on any atom is 0.336 e. The number of dihydropyridines is 1. The van der Waals surface area contributed by atoms with Crippen molar-refractivity contribution in [1.82, 2.24) is 5.32 Å². The second-order valence-electron chi connectivity index (χ2n) is 6.40. The van der Waals surface area contributed by atoms with Gasteiger partial charge in [-0.25, -0.2) is 9.59 Å². The van der Waals surface area contributed by atoms with Crippen molar-refractivity contribution in [3.63, 3.8) is 0 Å². The van der Waals surface area contributed by atoms with Gasteiger partial charge < -0.3 is 20.5 Å². The van der Waals surface area contributed by atoms with Crippen molar-refractivity contribution in [1.29, 1.82) is 5.41 Å². The lowest BCUT2D eigenvalue weighted by molar-refractivity contribution is -0.139. The van der Waals surface area contributed by atoms with E-state index in [1.54, 1.807) is 39.0 Å². The summed E-state index contributed by atoms with van der Waals surface area (Å²) >= 11 is 13.8. The number of rotatable bonds is 6. The minimum Gasteiger partial charge on any atom is -0.466 e. The Morgan fingerprint density at radius 2 is 1.94 bits per heavy atom. The molecule has 0 aromatic heterocycles. The minimum absolute atomic E-state index is 0. The summed E-state index contributed by atoms with van der Waals surface area (Å²) in [6.45, 7) is 5.31. The molecule has 4 N–H and O–H groups in total. The highest BCUT2D eigenvalue weighted by Crippen LogP contribution is 2.44. The van der Waals surface area contributed by atoms with Gasteiger partial charge in [-0.15, -0.1) is 12.4 Å². The zero-order chi connectivity index (χ0) is 22.6. The Hall–Kier alpha value is -1.87. The van der Waals surface area contributed by atoms with E-state index < -0.39 is 23.1 Å². The maximum atomic E-state index is 13.1. The van der Waals surface area contributed by atoms with Crippen LogP contribution in [0.4, 0.5) is 0 Å². The number of halogens is 3. The number of benzene rings is 1. The lowest BCUT2D eigenvalue weighted by Gasteiger charge is -2.33. The first kappa shape index (κ1) is 27.2. The van der Waals surface area contributed by atoms with Gasteiger partial charge in [0, 0.05) is 11.4 Å². The number of nitrogens with one attached hydrogen (secondary N) is 2. The van der Waals surface area contributed by atoms with E-state index in [9.17, 15) is 9.59 Å². The summed E-state index contributed by atoms with van der Waals surface area (Å²) in [5.41, 5.74) is 7.39. The molecule has 31 heavy (non-hydrogen) atoms. The van der Waals surface area contributed by atoms with E-state index in [0.717, 1.165) is 11.8 Å². The first-order valence-corrected chi connectivity index (χ1v) is 10.7. The molecule has 2 rings (SSSR count). The minimum atomic E-state index is -0.881. The predicted octanol–water partition coefficient (Wildman–Crippen LogP) is 4.38. The van der Waals surface area contributed by atoms with Crippen LogP contribution in [0.1, 0.15) is 32.3 Å². The van der Waals surface area contributed by atoms with Crippen LogP contribution in [-0.4, -0.2) is 36.1 Å². The summed E-state index contributed by atoms with van der Waals surface area (Å²) < 4.78 is 10.3. The third-order valence-electron chi connectivity index (χ3n) is 4.50. The van der Waals surface area contributed by atoms with Crippen molar-refractivity contribution in [2.75, 3.05) is 13.7 Å². The highest BCUT2D eigenvalue weighted by molar-refractivity contribution is 8.14. The number of thioether (sulfide) groups is 1. The summed E-state index contributed by atoms with van der Waals surface area (Å²) in [6.07, 6.45) is 0. The molecule has 0 amide bonds. The van der Waals surface area contributed by atoms with Crippen LogP contribution < -0.4 is 11.1 Å².